The van der Waals surface area contributed by atoms with E-state index < -0.39 is 8.32 Å². The van der Waals surface area contributed by atoms with Gasteiger partial charge in [-0.2, -0.15) is 0 Å². The Hall–Kier alpha value is -0.683. The maximum Gasteiger partial charge on any atom is 0.192 e. The summed E-state index contributed by atoms with van der Waals surface area (Å²) < 4.78 is 6.44. The zero-order valence-corrected chi connectivity index (χ0v) is 21.5. The standard InChI is InChI=1S/C25H48N2OSi/c1-8-25(18-13-20-26(3)4,19-14-21-27(5)6)23-29(9-2,28-7)22-17-24-15-11-10-12-16-24/h10-12,15-16H,8-9,13-14,17-23H2,1-7H3. The quantitative estimate of drug-likeness (QED) is 0.309. The first-order valence-corrected chi connectivity index (χ1v) is 14.2. The average Bonchev–Trinajstić information content (AvgIpc) is 2.71. The van der Waals surface area contributed by atoms with E-state index in [4.69, 9.17) is 4.43 Å². The van der Waals surface area contributed by atoms with Crippen molar-refractivity contribution >= 4 is 8.32 Å². The highest BCUT2D eigenvalue weighted by atomic mass is 28.4. The minimum Gasteiger partial charge on any atom is -0.420 e. The van der Waals surface area contributed by atoms with Crippen LogP contribution in [0.1, 0.15) is 51.5 Å². The van der Waals surface area contributed by atoms with Crippen LogP contribution < -0.4 is 0 Å². The molecular formula is C25H48N2OSi. The van der Waals surface area contributed by atoms with Crippen molar-refractivity contribution in [1.82, 2.24) is 9.80 Å². The summed E-state index contributed by atoms with van der Waals surface area (Å²) in [6.07, 6.45) is 7.68. The lowest BCUT2D eigenvalue weighted by Crippen LogP contribution is -2.43. The molecule has 0 saturated carbocycles. The predicted molar refractivity (Wildman–Crippen MR) is 131 cm³/mol. The highest BCUT2D eigenvalue weighted by Gasteiger charge is 2.41. The summed E-state index contributed by atoms with van der Waals surface area (Å²) in [4.78, 5) is 4.66. The SMILES string of the molecule is CCC(CCCN(C)C)(CCCN(C)C)C[Si](CC)(CCc1ccccc1)OC. The lowest BCUT2D eigenvalue weighted by molar-refractivity contribution is 0.209. The molecule has 29 heavy (non-hydrogen) atoms. The Labute approximate surface area is 183 Å². The van der Waals surface area contributed by atoms with Crippen molar-refractivity contribution in [3.8, 4) is 0 Å². The van der Waals surface area contributed by atoms with E-state index in [9.17, 15) is 0 Å². The van der Waals surface area contributed by atoms with Gasteiger partial charge in [0.15, 0.2) is 8.32 Å². The number of hydrogen-bond acceptors (Lipinski definition) is 3. The Kier molecular flexibility index (Phi) is 12.3. The lowest BCUT2D eigenvalue weighted by atomic mass is 9.78. The van der Waals surface area contributed by atoms with Gasteiger partial charge in [-0.15, -0.1) is 0 Å². The molecule has 0 saturated heterocycles. The highest BCUT2D eigenvalue weighted by molar-refractivity contribution is 6.73. The monoisotopic (exact) mass is 420 g/mol. The molecule has 1 aromatic carbocycles. The van der Waals surface area contributed by atoms with Crippen molar-refractivity contribution in [1.29, 1.82) is 0 Å². The lowest BCUT2D eigenvalue weighted by Gasteiger charge is -2.42. The van der Waals surface area contributed by atoms with Gasteiger partial charge < -0.3 is 14.2 Å². The minimum absolute atomic E-state index is 0.431. The topological polar surface area (TPSA) is 15.7 Å². The Morgan fingerprint density at radius 1 is 0.897 bits per heavy atom. The summed E-state index contributed by atoms with van der Waals surface area (Å²) in [6.45, 7) is 7.17. The van der Waals surface area contributed by atoms with E-state index >= 15 is 0 Å². The van der Waals surface area contributed by atoms with Gasteiger partial charge in [-0.05, 0) is 102 Å². The number of hydrogen-bond donors (Lipinski definition) is 0. The summed E-state index contributed by atoms with van der Waals surface area (Å²) in [6, 6.07) is 14.8. The fourth-order valence-electron chi connectivity index (χ4n) is 4.73. The summed E-state index contributed by atoms with van der Waals surface area (Å²) >= 11 is 0. The van der Waals surface area contributed by atoms with Crippen LogP contribution in [0.15, 0.2) is 30.3 Å². The molecule has 1 atom stereocenters. The van der Waals surface area contributed by atoms with Crippen molar-refractivity contribution in [3.05, 3.63) is 35.9 Å². The Morgan fingerprint density at radius 2 is 1.45 bits per heavy atom. The molecular weight excluding hydrogens is 372 g/mol. The number of rotatable bonds is 16. The van der Waals surface area contributed by atoms with Crippen molar-refractivity contribution in [3.63, 3.8) is 0 Å². The van der Waals surface area contributed by atoms with Gasteiger partial charge in [-0.3, -0.25) is 0 Å². The van der Waals surface area contributed by atoms with E-state index in [-0.39, 0.29) is 0 Å². The molecule has 1 aromatic rings. The van der Waals surface area contributed by atoms with Crippen LogP contribution in [0.2, 0.25) is 18.1 Å². The Balaban J connectivity index is 2.94. The molecule has 3 nitrogen and oxygen atoms in total. The molecule has 0 aliphatic rings. The molecule has 0 heterocycles. The van der Waals surface area contributed by atoms with E-state index in [1.807, 2.05) is 7.11 Å². The predicted octanol–water partition coefficient (Wildman–Crippen LogP) is 5.92. The third-order valence-electron chi connectivity index (χ3n) is 6.86. The zero-order valence-electron chi connectivity index (χ0n) is 20.5. The third kappa shape index (κ3) is 9.78. The van der Waals surface area contributed by atoms with Crippen LogP contribution in [-0.2, 0) is 10.8 Å². The number of benzene rings is 1. The molecule has 1 rings (SSSR count). The first-order chi connectivity index (χ1) is 13.8. The first-order valence-electron chi connectivity index (χ1n) is 11.7. The van der Waals surface area contributed by atoms with Gasteiger partial charge in [0, 0.05) is 7.11 Å². The van der Waals surface area contributed by atoms with E-state index in [2.05, 4.69) is 82.2 Å². The Bertz CT molecular complexity index is 515. The van der Waals surface area contributed by atoms with Crippen LogP contribution in [0.3, 0.4) is 0 Å². The fourth-order valence-corrected chi connectivity index (χ4v) is 8.86. The van der Waals surface area contributed by atoms with Crippen LogP contribution in [0, 0.1) is 5.41 Å². The smallest absolute Gasteiger partial charge is 0.192 e. The molecule has 0 fully saturated rings. The van der Waals surface area contributed by atoms with Crippen molar-refractivity contribution in [2.45, 2.75) is 70.5 Å². The first kappa shape index (κ1) is 26.4. The largest absolute Gasteiger partial charge is 0.420 e. The molecule has 0 spiro atoms. The second-order valence-corrected chi connectivity index (χ2v) is 13.9. The van der Waals surface area contributed by atoms with Gasteiger partial charge in [0.1, 0.15) is 0 Å². The summed E-state index contributed by atoms with van der Waals surface area (Å²) in [7, 11) is 9.01. The van der Waals surface area contributed by atoms with Crippen LogP contribution in [0.4, 0.5) is 0 Å². The van der Waals surface area contributed by atoms with Crippen LogP contribution in [0.25, 0.3) is 0 Å². The molecule has 0 aromatic heterocycles. The molecule has 0 aliphatic carbocycles. The fraction of sp³-hybridized carbons (Fsp3) is 0.760. The van der Waals surface area contributed by atoms with Gasteiger partial charge >= 0.3 is 0 Å². The number of nitrogens with zero attached hydrogens (tertiary/aromatic N) is 2. The van der Waals surface area contributed by atoms with Crippen LogP contribution in [-0.4, -0.2) is 66.5 Å². The van der Waals surface area contributed by atoms with Crippen molar-refractivity contribution < 1.29 is 4.43 Å². The van der Waals surface area contributed by atoms with Gasteiger partial charge in [0.05, 0.1) is 0 Å². The summed E-state index contributed by atoms with van der Waals surface area (Å²) in [5.41, 5.74) is 1.89. The molecule has 0 bridgehead atoms. The summed E-state index contributed by atoms with van der Waals surface area (Å²) in [5, 5.41) is 0. The van der Waals surface area contributed by atoms with Crippen LogP contribution in [0.5, 0.6) is 0 Å². The maximum absolute atomic E-state index is 6.44. The van der Waals surface area contributed by atoms with E-state index in [1.54, 1.807) is 0 Å². The zero-order chi connectivity index (χ0) is 21.8. The second kappa shape index (κ2) is 13.6. The van der Waals surface area contributed by atoms with Crippen LogP contribution >= 0.6 is 0 Å². The normalized spacial score (nSPS) is 14.5. The van der Waals surface area contributed by atoms with Crippen molar-refractivity contribution in [2.75, 3.05) is 48.4 Å². The van der Waals surface area contributed by atoms with E-state index in [0.29, 0.717) is 5.41 Å². The third-order valence-corrected chi connectivity index (χ3v) is 11.6. The van der Waals surface area contributed by atoms with E-state index in [0.717, 1.165) is 6.42 Å². The van der Waals surface area contributed by atoms with Gasteiger partial charge in [-0.1, -0.05) is 50.6 Å². The number of aryl methyl sites for hydroxylation is 1. The molecule has 4 heteroatoms. The highest BCUT2D eigenvalue weighted by Crippen LogP contribution is 2.44. The average molecular weight is 421 g/mol. The van der Waals surface area contributed by atoms with Crippen molar-refractivity contribution in [2.24, 2.45) is 5.41 Å². The van der Waals surface area contributed by atoms with Gasteiger partial charge in [0.25, 0.3) is 0 Å². The Morgan fingerprint density at radius 3 is 1.86 bits per heavy atom. The minimum atomic E-state index is -1.76. The second-order valence-electron chi connectivity index (χ2n) is 9.57. The molecule has 168 valence electrons. The van der Waals surface area contributed by atoms with Gasteiger partial charge in [0.2, 0.25) is 0 Å². The van der Waals surface area contributed by atoms with Gasteiger partial charge in [-0.25, -0.2) is 0 Å². The molecule has 0 amide bonds. The molecule has 0 aliphatic heterocycles. The summed E-state index contributed by atoms with van der Waals surface area (Å²) in [5.74, 6) is 0. The molecule has 0 radical (unpaired) electrons. The van der Waals surface area contributed by atoms with E-state index in [1.165, 1.54) is 68.9 Å². The molecule has 0 N–H and O–H groups in total. The molecule has 1 unspecified atom stereocenters. The maximum atomic E-state index is 6.44.